The molecule has 0 bridgehead atoms. The summed E-state index contributed by atoms with van der Waals surface area (Å²) in [5.41, 5.74) is -0.198. The highest BCUT2D eigenvalue weighted by atomic mass is 79.9. The molecule has 1 atom stereocenters. The number of hydrogen-bond donors (Lipinski definition) is 2. The van der Waals surface area contributed by atoms with Gasteiger partial charge in [-0.3, -0.25) is 4.79 Å². The van der Waals surface area contributed by atoms with E-state index in [9.17, 15) is 4.79 Å². The molecule has 0 saturated heterocycles. The Morgan fingerprint density at radius 2 is 2.41 bits per heavy atom. The lowest BCUT2D eigenvalue weighted by atomic mass is 10.2. The number of aromatic nitrogens is 3. The van der Waals surface area contributed by atoms with E-state index in [1.54, 1.807) is 17.5 Å². The Hall–Kier alpha value is -1.21. The fraction of sp³-hybridized carbons (Fsp3) is 0.300. The van der Waals surface area contributed by atoms with Crippen molar-refractivity contribution >= 4 is 33.1 Å². The molecule has 90 valence electrons. The lowest BCUT2D eigenvalue weighted by Gasteiger charge is -2.15. The Bertz CT molecular complexity index is 539. The molecule has 0 aliphatic carbocycles. The van der Waals surface area contributed by atoms with E-state index >= 15 is 0 Å². The lowest BCUT2D eigenvalue weighted by molar-refractivity contribution is 0.735. The number of nitrogens with one attached hydrogen (secondary N) is 2. The first-order chi connectivity index (χ1) is 8.22. The van der Waals surface area contributed by atoms with Gasteiger partial charge in [0, 0.05) is 11.6 Å². The van der Waals surface area contributed by atoms with Crippen molar-refractivity contribution in [3.8, 4) is 0 Å². The van der Waals surface area contributed by atoms with Crippen molar-refractivity contribution in [3.05, 3.63) is 37.7 Å². The van der Waals surface area contributed by atoms with Crippen molar-refractivity contribution in [2.75, 3.05) is 5.32 Å². The molecule has 0 saturated carbocycles. The van der Waals surface area contributed by atoms with Crippen LogP contribution in [0.2, 0.25) is 0 Å². The van der Waals surface area contributed by atoms with Gasteiger partial charge in [-0.05, 0) is 22.4 Å². The van der Waals surface area contributed by atoms with Gasteiger partial charge in [-0.15, -0.1) is 11.3 Å². The molecule has 2 heterocycles. The number of nitrogens with zero attached hydrogens (tertiary/aromatic N) is 2. The number of anilines is 1. The second-order valence-electron chi connectivity index (χ2n) is 3.37. The topological polar surface area (TPSA) is 70.7 Å². The Kier molecular flexibility index (Phi) is 3.90. The number of aromatic amines is 1. The van der Waals surface area contributed by atoms with Crippen LogP contribution >= 0.6 is 27.3 Å². The van der Waals surface area contributed by atoms with E-state index in [4.69, 9.17) is 0 Å². The molecule has 0 fully saturated rings. The van der Waals surface area contributed by atoms with Gasteiger partial charge in [0.15, 0.2) is 0 Å². The normalized spacial score (nSPS) is 12.4. The van der Waals surface area contributed by atoms with E-state index in [1.165, 1.54) is 6.33 Å². The predicted molar refractivity (Wildman–Crippen MR) is 71.3 cm³/mol. The zero-order chi connectivity index (χ0) is 12.3. The molecule has 17 heavy (non-hydrogen) atoms. The lowest BCUT2D eigenvalue weighted by Crippen LogP contribution is -2.15. The fourth-order valence-corrected chi connectivity index (χ4v) is 2.50. The van der Waals surface area contributed by atoms with E-state index in [2.05, 4.69) is 43.1 Å². The van der Waals surface area contributed by atoms with Gasteiger partial charge in [0.1, 0.15) is 15.3 Å². The highest BCUT2D eigenvalue weighted by Gasteiger charge is 2.14. The molecule has 1 unspecified atom stereocenters. The molecule has 0 radical (unpaired) electrons. The summed E-state index contributed by atoms with van der Waals surface area (Å²) in [6, 6.07) is 0.0700. The van der Waals surface area contributed by atoms with E-state index < -0.39 is 0 Å². The van der Waals surface area contributed by atoms with Crippen LogP contribution < -0.4 is 10.9 Å². The third-order valence-corrected chi connectivity index (χ3v) is 3.89. The first-order valence-electron chi connectivity index (χ1n) is 5.11. The van der Waals surface area contributed by atoms with Crippen LogP contribution in [0.3, 0.4) is 0 Å². The summed E-state index contributed by atoms with van der Waals surface area (Å²) in [6.45, 7) is 2.06. The van der Waals surface area contributed by atoms with Crippen LogP contribution in [0.1, 0.15) is 24.4 Å². The average Bonchev–Trinajstić information content (AvgIpc) is 2.85. The van der Waals surface area contributed by atoms with Crippen molar-refractivity contribution in [3.63, 3.8) is 0 Å². The summed E-state index contributed by atoms with van der Waals surface area (Å²) in [7, 11) is 0. The second kappa shape index (κ2) is 5.42. The number of hydrogen-bond acceptors (Lipinski definition) is 5. The minimum Gasteiger partial charge on any atom is -0.360 e. The van der Waals surface area contributed by atoms with Crippen molar-refractivity contribution in [2.45, 2.75) is 19.4 Å². The van der Waals surface area contributed by atoms with Crippen molar-refractivity contribution < 1.29 is 0 Å². The fourth-order valence-electron chi connectivity index (χ4n) is 1.39. The van der Waals surface area contributed by atoms with Crippen LogP contribution in [-0.4, -0.2) is 15.0 Å². The standard InChI is InChI=1S/C10H11BrN4OS/c1-2-6(10-12-3-4-17-10)15-8-7(11)9(16)14-5-13-8/h3-6H,2H2,1H3,(H2,13,14,15,16). The summed E-state index contributed by atoms with van der Waals surface area (Å²) >= 11 is 4.80. The Labute approximate surface area is 110 Å². The minimum absolute atomic E-state index is 0.0700. The maximum Gasteiger partial charge on any atom is 0.267 e. The predicted octanol–water partition coefficient (Wildman–Crippen LogP) is 2.55. The molecular formula is C10H11BrN4OS. The van der Waals surface area contributed by atoms with Crippen LogP contribution in [-0.2, 0) is 0 Å². The molecule has 2 rings (SSSR count). The smallest absolute Gasteiger partial charge is 0.267 e. The highest BCUT2D eigenvalue weighted by Crippen LogP contribution is 2.25. The quantitative estimate of drug-likeness (QED) is 0.909. The maximum atomic E-state index is 11.4. The van der Waals surface area contributed by atoms with E-state index in [-0.39, 0.29) is 11.6 Å². The van der Waals surface area contributed by atoms with Gasteiger partial charge in [0.2, 0.25) is 0 Å². The van der Waals surface area contributed by atoms with Gasteiger partial charge in [0.05, 0.1) is 12.4 Å². The second-order valence-corrected chi connectivity index (χ2v) is 5.09. The molecule has 0 aliphatic heterocycles. The van der Waals surface area contributed by atoms with Crippen LogP contribution in [0.4, 0.5) is 5.82 Å². The Morgan fingerprint density at radius 3 is 3.06 bits per heavy atom. The average molecular weight is 315 g/mol. The maximum absolute atomic E-state index is 11.4. The molecule has 2 N–H and O–H groups in total. The summed E-state index contributed by atoms with van der Waals surface area (Å²) in [4.78, 5) is 22.3. The SMILES string of the molecule is CCC(Nc1nc[nH]c(=O)c1Br)c1nccs1. The van der Waals surface area contributed by atoms with E-state index in [0.717, 1.165) is 11.4 Å². The van der Waals surface area contributed by atoms with Crippen molar-refractivity contribution in [1.82, 2.24) is 15.0 Å². The summed E-state index contributed by atoms with van der Waals surface area (Å²) in [6.07, 6.45) is 4.02. The Morgan fingerprint density at radius 1 is 1.59 bits per heavy atom. The third-order valence-electron chi connectivity index (χ3n) is 2.27. The van der Waals surface area contributed by atoms with Crippen LogP contribution in [0.15, 0.2) is 27.2 Å². The largest absolute Gasteiger partial charge is 0.360 e. The Balaban J connectivity index is 2.25. The zero-order valence-electron chi connectivity index (χ0n) is 9.11. The van der Waals surface area contributed by atoms with Gasteiger partial charge in [0.25, 0.3) is 5.56 Å². The number of H-pyrrole nitrogens is 1. The first-order valence-corrected chi connectivity index (χ1v) is 6.78. The van der Waals surface area contributed by atoms with Gasteiger partial charge in [-0.2, -0.15) is 0 Å². The monoisotopic (exact) mass is 314 g/mol. The molecule has 0 amide bonds. The molecule has 0 aliphatic rings. The molecule has 0 spiro atoms. The molecule has 5 nitrogen and oxygen atoms in total. The van der Waals surface area contributed by atoms with Crippen molar-refractivity contribution in [2.24, 2.45) is 0 Å². The minimum atomic E-state index is -0.198. The number of rotatable bonds is 4. The molecule has 7 heteroatoms. The summed E-state index contributed by atoms with van der Waals surface area (Å²) in [5.74, 6) is 0.538. The molecule has 2 aromatic heterocycles. The first kappa shape index (κ1) is 12.3. The van der Waals surface area contributed by atoms with Crippen LogP contribution in [0.25, 0.3) is 0 Å². The van der Waals surface area contributed by atoms with Gasteiger partial charge >= 0.3 is 0 Å². The van der Waals surface area contributed by atoms with Gasteiger partial charge in [-0.25, -0.2) is 9.97 Å². The zero-order valence-corrected chi connectivity index (χ0v) is 11.5. The number of thiazole rings is 1. The number of halogens is 1. The van der Waals surface area contributed by atoms with E-state index in [1.807, 2.05) is 5.38 Å². The van der Waals surface area contributed by atoms with E-state index in [0.29, 0.717) is 10.3 Å². The highest BCUT2D eigenvalue weighted by molar-refractivity contribution is 9.10. The summed E-state index contributed by atoms with van der Waals surface area (Å²) in [5, 5.41) is 6.13. The molecule has 2 aromatic rings. The molecular weight excluding hydrogens is 304 g/mol. The van der Waals surface area contributed by atoms with Gasteiger partial charge < -0.3 is 10.3 Å². The van der Waals surface area contributed by atoms with Crippen molar-refractivity contribution in [1.29, 1.82) is 0 Å². The van der Waals surface area contributed by atoms with Crippen LogP contribution in [0, 0.1) is 0 Å². The van der Waals surface area contributed by atoms with Gasteiger partial charge in [-0.1, -0.05) is 6.92 Å². The van der Waals surface area contributed by atoms with Crippen LogP contribution in [0.5, 0.6) is 0 Å². The third kappa shape index (κ3) is 2.73. The summed E-state index contributed by atoms with van der Waals surface area (Å²) < 4.78 is 0.412. The molecule has 0 aromatic carbocycles.